The first-order valence-electron chi connectivity index (χ1n) is 11.0. The van der Waals surface area contributed by atoms with Gasteiger partial charge in [0, 0.05) is 5.69 Å². The highest BCUT2D eigenvalue weighted by Gasteiger charge is 2.38. The Bertz CT molecular complexity index is 1650. The van der Waals surface area contributed by atoms with E-state index in [4.69, 9.17) is 4.74 Å². The highest BCUT2D eigenvalue weighted by atomic mass is 16.5. The molecule has 36 heavy (non-hydrogen) atoms. The first-order chi connectivity index (χ1) is 17.2. The van der Waals surface area contributed by atoms with E-state index in [-0.39, 0.29) is 22.4 Å². The molecule has 2 heterocycles. The number of anilines is 2. The lowest BCUT2D eigenvalue weighted by Gasteiger charge is -2.17. The number of nitrogens with one attached hydrogen (secondary N) is 3. The van der Waals surface area contributed by atoms with Crippen LogP contribution >= 0.6 is 0 Å². The monoisotopic (exact) mass is 484 g/mol. The van der Waals surface area contributed by atoms with Crippen LogP contribution < -0.4 is 15.9 Å². The fraction of sp³-hybridized carbons (Fsp3) is 0.115. The molecule has 0 bridgehead atoms. The van der Waals surface area contributed by atoms with Gasteiger partial charge in [0.15, 0.2) is 6.61 Å². The van der Waals surface area contributed by atoms with Crippen LogP contribution in [0, 0.1) is 13.8 Å². The lowest BCUT2D eigenvalue weighted by molar-refractivity contribution is -0.119. The third kappa shape index (κ3) is 4.05. The maximum absolute atomic E-state index is 13.1. The van der Waals surface area contributed by atoms with Crippen LogP contribution in [0.4, 0.5) is 11.4 Å². The molecule has 3 aromatic carbocycles. The molecule has 0 radical (unpaired) electrons. The number of aromatic nitrogens is 2. The van der Waals surface area contributed by atoms with Crippen molar-refractivity contribution in [2.24, 2.45) is 0 Å². The van der Waals surface area contributed by atoms with Crippen LogP contribution in [0.1, 0.15) is 42.2 Å². The number of benzene rings is 3. The summed E-state index contributed by atoms with van der Waals surface area (Å²) in [6.07, 6.45) is 0. The van der Waals surface area contributed by atoms with Gasteiger partial charge in [0.2, 0.25) is 0 Å². The zero-order valence-corrected chi connectivity index (χ0v) is 19.3. The number of aryl methyl sites for hydroxylation is 2. The second-order valence-corrected chi connectivity index (χ2v) is 8.46. The molecule has 0 atom stereocenters. The number of H-pyrrole nitrogens is 2. The van der Waals surface area contributed by atoms with E-state index >= 15 is 0 Å². The molecule has 0 spiro atoms. The highest BCUT2D eigenvalue weighted by Crippen LogP contribution is 2.32. The van der Waals surface area contributed by atoms with Gasteiger partial charge in [-0.1, -0.05) is 12.1 Å². The molecule has 3 amide bonds. The number of imidazole rings is 1. The van der Waals surface area contributed by atoms with Gasteiger partial charge in [-0.25, -0.2) is 14.5 Å². The first kappa shape index (κ1) is 22.8. The highest BCUT2D eigenvalue weighted by molar-refractivity contribution is 6.35. The average molecular weight is 484 g/mol. The molecule has 10 heteroatoms. The number of hydrogen-bond donors (Lipinski definition) is 3. The number of aromatic amines is 2. The number of rotatable bonds is 5. The molecule has 4 aromatic rings. The first-order valence-corrected chi connectivity index (χ1v) is 11.0. The van der Waals surface area contributed by atoms with Crippen molar-refractivity contribution >= 4 is 46.1 Å². The topological polar surface area (TPSA) is 141 Å². The Morgan fingerprint density at radius 1 is 0.861 bits per heavy atom. The van der Waals surface area contributed by atoms with Gasteiger partial charge in [0.25, 0.3) is 17.7 Å². The van der Waals surface area contributed by atoms with E-state index in [0.29, 0.717) is 22.4 Å². The van der Waals surface area contributed by atoms with Crippen molar-refractivity contribution in [3.05, 3.63) is 92.9 Å². The Kier molecular flexibility index (Phi) is 5.48. The van der Waals surface area contributed by atoms with Gasteiger partial charge in [0.1, 0.15) is 0 Å². The number of nitrogens with zero attached hydrogens (tertiary/aromatic N) is 1. The summed E-state index contributed by atoms with van der Waals surface area (Å²) < 4.78 is 5.10. The van der Waals surface area contributed by atoms with Crippen LogP contribution in [-0.2, 0) is 9.53 Å². The Hall–Kier alpha value is -4.99. The number of amides is 3. The molecule has 180 valence electrons. The maximum atomic E-state index is 13.1. The molecular formula is C26H20N4O6. The summed E-state index contributed by atoms with van der Waals surface area (Å²) in [6.45, 7) is 3.10. The molecule has 10 nitrogen and oxygen atoms in total. The van der Waals surface area contributed by atoms with Crippen molar-refractivity contribution in [1.29, 1.82) is 0 Å². The molecule has 1 aromatic heterocycles. The van der Waals surface area contributed by atoms with E-state index in [9.17, 15) is 24.0 Å². The summed E-state index contributed by atoms with van der Waals surface area (Å²) in [5.41, 5.74) is 3.62. The molecule has 3 N–H and O–H groups in total. The van der Waals surface area contributed by atoms with E-state index in [1.165, 1.54) is 18.2 Å². The molecule has 5 rings (SSSR count). The molecule has 0 unspecified atom stereocenters. The van der Waals surface area contributed by atoms with Crippen molar-refractivity contribution in [2.45, 2.75) is 13.8 Å². The van der Waals surface area contributed by atoms with Crippen LogP contribution in [0.5, 0.6) is 0 Å². The summed E-state index contributed by atoms with van der Waals surface area (Å²) in [5.74, 6) is -2.41. The van der Waals surface area contributed by atoms with Crippen molar-refractivity contribution in [2.75, 3.05) is 16.8 Å². The van der Waals surface area contributed by atoms with E-state index in [1.807, 2.05) is 26.0 Å². The Labute approximate surface area is 203 Å². The molecule has 0 fully saturated rings. The fourth-order valence-corrected chi connectivity index (χ4v) is 4.07. The predicted molar refractivity (Wildman–Crippen MR) is 131 cm³/mol. The fourth-order valence-electron chi connectivity index (χ4n) is 4.07. The molecule has 0 saturated carbocycles. The third-order valence-electron chi connectivity index (χ3n) is 5.86. The number of ether oxygens (including phenoxy) is 1. The third-order valence-corrected chi connectivity index (χ3v) is 5.86. The minimum Gasteiger partial charge on any atom is -0.452 e. The standard InChI is InChI=1S/C26H20N4O6/c1-13-3-4-14(2)21(9-13)30-23(32)17-7-5-15(10-18(17)24(30)33)25(34)36-12-22(31)27-16-6-8-19-20(11-16)29-26(35)28-19/h3-11H,12H2,1-2H3,(H,27,31)(H2,28,29,35). The van der Waals surface area contributed by atoms with Gasteiger partial charge in [0.05, 0.1) is 33.4 Å². The Morgan fingerprint density at radius 3 is 2.42 bits per heavy atom. The summed E-state index contributed by atoms with van der Waals surface area (Å²) in [4.78, 5) is 68.5. The average Bonchev–Trinajstić information content (AvgIpc) is 3.34. The normalized spacial score (nSPS) is 12.7. The number of carbonyl (C=O) groups excluding carboxylic acids is 4. The van der Waals surface area contributed by atoms with Crippen molar-refractivity contribution in [1.82, 2.24) is 9.97 Å². The maximum Gasteiger partial charge on any atom is 0.338 e. The van der Waals surface area contributed by atoms with Gasteiger partial charge in [-0.05, 0) is 67.4 Å². The Morgan fingerprint density at radius 2 is 1.61 bits per heavy atom. The molecule has 1 aliphatic heterocycles. The van der Waals surface area contributed by atoms with Gasteiger partial charge in [-0.15, -0.1) is 0 Å². The Balaban J connectivity index is 1.28. The van der Waals surface area contributed by atoms with Crippen LogP contribution in [-0.4, -0.2) is 40.3 Å². The van der Waals surface area contributed by atoms with E-state index < -0.39 is 30.3 Å². The van der Waals surface area contributed by atoms with Crippen molar-refractivity contribution in [3.63, 3.8) is 0 Å². The largest absolute Gasteiger partial charge is 0.452 e. The van der Waals surface area contributed by atoms with Gasteiger partial charge in [-0.2, -0.15) is 0 Å². The zero-order valence-electron chi connectivity index (χ0n) is 19.3. The number of fused-ring (bicyclic) bond motifs is 2. The molecule has 0 saturated heterocycles. The van der Waals surface area contributed by atoms with Crippen LogP contribution in [0.25, 0.3) is 11.0 Å². The van der Waals surface area contributed by atoms with Crippen LogP contribution in [0.3, 0.4) is 0 Å². The smallest absolute Gasteiger partial charge is 0.338 e. The number of hydrogen-bond acceptors (Lipinski definition) is 6. The van der Waals surface area contributed by atoms with Crippen LogP contribution in [0.15, 0.2) is 59.4 Å². The molecular weight excluding hydrogens is 464 g/mol. The quantitative estimate of drug-likeness (QED) is 0.294. The second kappa shape index (κ2) is 8.66. The molecule has 1 aliphatic rings. The van der Waals surface area contributed by atoms with Crippen molar-refractivity contribution < 1.29 is 23.9 Å². The number of esters is 1. The zero-order chi connectivity index (χ0) is 25.6. The summed E-state index contributed by atoms with van der Waals surface area (Å²) in [7, 11) is 0. The number of carbonyl (C=O) groups is 4. The lowest BCUT2D eigenvalue weighted by Crippen LogP contribution is -2.30. The number of imide groups is 1. The van der Waals surface area contributed by atoms with Crippen molar-refractivity contribution in [3.8, 4) is 0 Å². The second-order valence-electron chi connectivity index (χ2n) is 8.46. The lowest BCUT2D eigenvalue weighted by atomic mass is 10.1. The van der Waals surface area contributed by atoms with Gasteiger partial charge < -0.3 is 20.0 Å². The van der Waals surface area contributed by atoms with Gasteiger partial charge in [-0.3, -0.25) is 14.4 Å². The SMILES string of the molecule is Cc1ccc(C)c(N2C(=O)c3ccc(C(=O)OCC(=O)Nc4ccc5[nH]c(=O)[nH]c5c4)cc3C2=O)c1. The summed E-state index contributed by atoms with van der Waals surface area (Å²) >= 11 is 0. The van der Waals surface area contributed by atoms with Crippen LogP contribution in [0.2, 0.25) is 0 Å². The predicted octanol–water partition coefficient (Wildman–Crippen LogP) is 3.07. The molecule has 0 aliphatic carbocycles. The summed E-state index contributed by atoms with van der Waals surface area (Å²) in [6, 6.07) is 14.4. The van der Waals surface area contributed by atoms with E-state index in [2.05, 4.69) is 15.3 Å². The van der Waals surface area contributed by atoms with Gasteiger partial charge >= 0.3 is 11.7 Å². The minimum absolute atomic E-state index is 0.0387. The van der Waals surface area contributed by atoms with E-state index in [0.717, 1.165) is 16.0 Å². The summed E-state index contributed by atoms with van der Waals surface area (Å²) in [5, 5.41) is 2.58. The minimum atomic E-state index is -0.816. The van der Waals surface area contributed by atoms with E-state index in [1.54, 1.807) is 24.3 Å².